The minimum Gasteiger partial charge on any atom is -0.508 e. The van der Waals surface area contributed by atoms with E-state index in [4.69, 9.17) is 5.11 Å². The predicted octanol–water partition coefficient (Wildman–Crippen LogP) is 3.55. The number of benzene rings is 2. The minimum absolute atomic E-state index is 0.0284. The summed E-state index contributed by atoms with van der Waals surface area (Å²) >= 11 is 3.26. The Morgan fingerprint density at radius 1 is 1.17 bits per heavy atom. The maximum Gasteiger partial charge on any atom is 0.255 e. The molecule has 0 aliphatic rings. The molecule has 3 nitrogen and oxygen atoms in total. The molecular weight excluding hydrogens is 301 g/mol. The summed E-state index contributed by atoms with van der Waals surface area (Å²) in [5, 5.41) is 11.5. The zero-order chi connectivity index (χ0) is 13.1. The highest BCUT2D eigenvalue weighted by Crippen LogP contribution is 2.20. The largest absolute Gasteiger partial charge is 0.508 e. The number of carbonyl (C=O) groups is 1. The molecule has 0 heterocycles. The first kappa shape index (κ1) is 12.6. The van der Waals surface area contributed by atoms with Crippen LogP contribution in [-0.2, 0) is 0 Å². The number of amides is 1. The number of hydrogen-bond donors (Lipinski definition) is 2. The van der Waals surface area contributed by atoms with Gasteiger partial charge in [0.1, 0.15) is 11.6 Å². The number of phenolic OH excluding ortho intramolecular Hbond substituents is 1. The Hall–Kier alpha value is -1.88. The highest BCUT2D eigenvalue weighted by molar-refractivity contribution is 9.10. The Morgan fingerprint density at radius 3 is 2.44 bits per heavy atom. The van der Waals surface area contributed by atoms with E-state index in [1.165, 1.54) is 12.1 Å². The Balaban J connectivity index is 2.18. The third kappa shape index (κ3) is 2.87. The smallest absolute Gasteiger partial charge is 0.255 e. The summed E-state index contributed by atoms with van der Waals surface area (Å²) in [7, 11) is 0. The van der Waals surface area contributed by atoms with Crippen molar-refractivity contribution in [3.8, 4) is 5.75 Å². The van der Waals surface area contributed by atoms with E-state index in [0.29, 0.717) is 5.56 Å². The van der Waals surface area contributed by atoms with Crippen molar-refractivity contribution in [2.45, 2.75) is 0 Å². The van der Waals surface area contributed by atoms with Gasteiger partial charge in [-0.3, -0.25) is 4.79 Å². The highest BCUT2D eigenvalue weighted by Gasteiger charge is 2.09. The Morgan fingerprint density at radius 2 is 1.83 bits per heavy atom. The molecule has 2 aromatic carbocycles. The van der Waals surface area contributed by atoms with E-state index in [2.05, 4.69) is 21.2 Å². The van der Waals surface area contributed by atoms with Gasteiger partial charge in [0, 0.05) is 16.1 Å². The van der Waals surface area contributed by atoms with Gasteiger partial charge in [-0.2, -0.15) is 0 Å². The molecule has 0 radical (unpaired) electrons. The molecule has 0 aromatic heterocycles. The normalized spacial score (nSPS) is 10.1. The van der Waals surface area contributed by atoms with Crippen LogP contribution in [0.2, 0.25) is 0 Å². The van der Waals surface area contributed by atoms with Crippen LogP contribution in [0.5, 0.6) is 5.75 Å². The van der Waals surface area contributed by atoms with Crippen molar-refractivity contribution >= 4 is 27.5 Å². The number of carbonyl (C=O) groups excluding carboxylic acids is 1. The monoisotopic (exact) mass is 309 g/mol. The van der Waals surface area contributed by atoms with Gasteiger partial charge in [-0.05, 0) is 36.4 Å². The second kappa shape index (κ2) is 5.18. The van der Waals surface area contributed by atoms with Crippen LogP contribution in [-0.4, -0.2) is 11.0 Å². The van der Waals surface area contributed by atoms with Crippen molar-refractivity contribution in [2.24, 2.45) is 0 Å². The fraction of sp³-hybridized carbons (Fsp3) is 0. The van der Waals surface area contributed by atoms with Crippen LogP contribution >= 0.6 is 15.9 Å². The van der Waals surface area contributed by atoms with E-state index >= 15 is 0 Å². The van der Waals surface area contributed by atoms with Crippen LogP contribution in [0.15, 0.2) is 46.9 Å². The fourth-order valence-electron chi connectivity index (χ4n) is 1.40. The van der Waals surface area contributed by atoms with Gasteiger partial charge in [-0.25, -0.2) is 4.39 Å². The standard InChI is InChI=1S/C13H9BrFNO2/c14-9-3-1-8(2-4-9)13(18)16-12-6-5-10(17)7-11(12)15/h1-7,17H,(H,16,18). The third-order valence-electron chi connectivity index (χ3n) is 2.31. The lowest BCUT2D eigenvalue weighted by Gasteiger charge is -2.06. The van der Waals surface area contributed by atoms with E-state index in [0.717, 1.165) is 10.5 Å². The van der Waals surface area contributed by atoms with Crippen LogP contribution in [0, 0.1) is 5.82 Å². The molecule has 0 atom stereocenters. The lowest BCUT2D eigenvalue weighted by atomic mass is 10.2. The van der Waals surface area contributed by atoms with Crippen molar-refractivity contribution in [1.29, 1.82) is 0 Å². The van der Waals surface area contributed by atoms with Gasteiger partial charge in [-0.15, -0.1) is 0 Å². The van der Waals surface area contributed by atoms with Gasteiger partial charge >= 0.3 is 0 Å². The van der Waals surface area contributed by atoms with Crippen LogP contribution in [0.3, 0.4) is 0 Å². The number of nitrogens with one attached hydrogen (secondary N) is 1. The molecule has 1 amide bonds. The maximum absolute atomic E-state index is 13.4. The van der Waals surface area contributed by atoms with Gasteiger partial charge in [0.15, 0.2) is 0 Å². The number of rotatable bonds is 2. The molecule has 0 aliphatic heterocycles. The van der Waals surface area contributed by atoms with Crippen LogP contribution < -0.4 is 5.32 Å². The maximum atomic E-state index is 13.4. The summed E-state index contributed by atoms with van der Waals surface area (Å²) in [6.45, 7) is 0. The molecule has 0 aliphatic carbocycles. The predicted molar refractivity (Wildman–Crippen MR) is 70.2 cm³/mol. The van der Waals surface area contributed by atoms with Crippen molar-refractivity contribution < 1.29 is 14.3 Å². The van der Waals surface area contributed by atoms with Gasteiger partial charge in [0.05, 0.1) is 5.69 Å². The van der Waals surface area contributed by atoms with E-state index in [-0.39, 0.29) is 11.4 Å². The zero-order valence-electron chi connectivity index (χ0n) is 9.15. The molecule has 2 rings (SSSR count). The fourth-order valence-corrected chi connectivity index (χ4v) is 1.67. The van der Waals surface area contributed by atoms with Gasteiger partial charge in [-0.1, -0.05) is 15.9 Å². The molecule has 0 unspecified atom stereocenters. The first-order chi connectivity index (χ1) is 8.56. The molecule has 2 aromatic rings. The average Bonchev–Trinajstić information content (AvgIpc) is 2.33. The number of aromatic hydroxyl groups is 1. The summed E-state index contributed by atoms with van der Waals surface area (Å²) in [5.74, 6) is -1.28. The van der Waals surface area contributed by atoms with E-state index in [9.17, 15) is 9.18 Å². The van der Waals surface area contributed by atoms with E-state index in [1.807, 2.05) is 0 Å². The molecule has 0 fully saturated rings. The van der Waals surface area contributed by atoms with E-state index < -0.39 is 11.7 Å². The molecule has 92 valence electrons. The molecule has 0 spiro atoms. The van der Waals surface area contributed by atoms with Gasteiger partial charge in [0.2, 0.25) is 0 Å². The second-order valence-corrected chi connectivity index (χ2v) is 4.54. The lowest BCUT2D eigenvalue weighted by Crippen LogP contribution is -2.12. The first-order valence-electron chi connectivity index (χ1n) is 5.12. The molecule has 5 heteroatoms. The number of hydrogen-bond acceptors (Lipinski definition) is 2. The Bertz CT molecular complexity index is 584. The summed E-state index contributed by atoms with van der Waals surface area (Å²) in [4.78, 5) is 11.8. The van der Waals surface area contributed by atoms with Crippen LogP contribution in [0.4, 0.5) is 10.1 Å². The summed E-state index contributed by atoms with van der Waals surface area (Å²) in [6, 6.07) is 10.2. The Kier molecular flexibility index (Phi) is 3.62. The highest BCUT2D eigenvalue weighted by atomic mass is 79.9. The molecule has 0 saturated carbocycles. The molecular formula is C13H9BrFNO2. The van der Waals surface area contributed by atoms with Crippen molar-refractivity contribution in [1.82, 2.24) is 0 Å². The second-order valence-electron chi connectivity index (χ2n) is 3.63. The zero-order valence-corrected chi connectivity index (χ0v) is 10.7. The number of anilines is 1. The number of halogens is 2. The van der Waals surface area contributed by atoms with Crippen molar-refractivity contribution in [3.63, 3.8) is 0 Å². The molecule has 18 heavy (non-hydrogen) atoms. The lowest BCUT2D eigenvalue weighted by molar-refractivity contribution is 0.102. The van der Waals surface area contributed by atoms with Crippen molar-refractivity contribution in [2.75, 3.05) is 5.32 Å². The van der Waals surface area contributed by atoms with Crippen LogP contribution in [0.1, 0.15) is 10.4 Å². The molecule has 0 saturated heterocycles. The van der Waals surface area contributed by atoms with Gasteiger partial charge in [0.25, 0.3) is 5.91 Å². The third-order valence-corrected chi connectivity index (χ3v) is 2.84. The SMILES string of the molecule is O=C(Nc1ccc(O)cc1F)c1ccc(Br)cc1. The summed E-state index contributed by atoms with van der Waals surface area (Å²) in [6.07, 6.45) is 0. The van der Waals surface area contributed by atoms with Gasteiger partial charge < -0.3 is 10.4 Å². The average molecular weight is 310 g/mol. The molecule has 0 bridgehead atoms. The number of phenols is 1. The quantitative estimate of drug-likeness (QED) is 0.834. The summed E-state index contributed by atoms with van der Waals surface area (Å²) in [5.41, 5.74) is 0.450. The Labute approximate surface area is 111 Å². The minimum atomic E-state index is -0.680. The molecule has 2 N–H and O–H groups in total. The topological polar surface area (TPSA) is 49.3 Å². The van der Waals surface area contributed by atoms with Crippen molar-refractivity contribution in [3.05, 3.63) is 58.3 Å². The summed E-state index contributed by atoms with van der Waals surface area (Å²) < 4.78 is 14.3. The van der Waals surface area contributed by atoms with Crippen LogP contribution in [0.25, 0.3) is 0 Å². The van der Waals surface area contributed by atoms with E-state index in [1.54, 1.807) is 24.3 Å². The first-order valence-corrected chi connectivity index (χ1v) is 5.91.